The van der Waals surface area contributed by atoms with Gasteiger partial charge in [-0.15, -0.1) is 13.2 Å². The molecule has 0 aromatic rings. The van der Waals surface area contributed by atoms with Gasteiger partial charge in [-0.3, -0.25) is 4.79 Å². The first-order chi connectivity index (χ1) is 32.8. The van der Waals surface area contributed by atoms with Gasteiger partial charge in [-0.2, -0.15) is 0 Å². The number of ether oxygens (including phenoxy) is 2. The van der Waals surface area contributed by atoms with E-state index in [1.807, 2.05) is 19.3 Å². The molecule has 0 saturated heterocycles. The minimum atomic E-state index is 0.0481. The quantitative estimate of drug-likeness (QED) is 0.0374. The van der Waals surface area contributed by atoms with E-state index in [1.54, 1.807) is 0 Å². The summed E-state index contributed by atoms with van der Waals surface area (Å²) in [6.07, 6.45) is 61.1. The number of carbonyl (C=O) groups excluding carboxylic acids is 1. The number of esters is 1. The van der Waals surface area contributed by atoms with Crippen LogP contribution in [0.2, 0.25) is 0 Å². The zero-order valence-electron chi connectivity index (χ0n) is 47.5. The lowest BCUT2D eigenvalue weighted by Crippen LogP contribution is -2.33. The van der Waals surface area contributed by atoms with Crippen LogP contribution in [-0.2, 0) is 14.3 Å². The number of allylic oxidation sites excluding steroid dienone is 2. The Balaban J connectivity index is -0.00000132. The number of methoxy groups -OCH3 is 1. The number of rotatable bonds is 52. The Bertz CT molecular complexity index is 902. The molecule has 1 N–H and O–H groups in total. The van der Waals surface area contributed by atoms with Gasteiger partial charge in [-0.25, -0.2) is 0 Å². The number of nitrogens with zero attached hydrogens (tertiary/aromatic N) is 1. The first kappa shape index (κ1) is 70.1. The first-order valence-electron chi connectivity index (χ1n) is 30.1. The van der Waals surface area contributed by atoms with Crippen LogP contribution in [0, 0.1) is 0 Å². The van der Waals surface area contributed by atoms with E-state index in [4.69, 9.17) is 9.47 Å². The maximum Gasteiger partial charge on any atom is 0.306 e. The smallest absolute Gasteiger partial charge is 0.306 e. The summed E-state index contributed by atoms with van der Waals surface area (Å²) >= 11 is 0. The summed E-state index contributed by atoms with van der Waals surface area (Å²) in [5, 5.41) is 3.30. The summed E-state index contributed by atoms with van der Waals surface area (Å²) in [4.78, 5) is 15.2. The van der Waals surface area contributed by atoms with E-state index in [2.05, 4.69) is 72.1 Å². The summed E-state index contributed by atoms with van der Waals surface area (Å²) in [5.74, 6) is 0.0481. The predicted octanol–water partition coefficient (Wildman–Crippen LogP) is 20.0. The lowest BCUT2D eigenvalue weighted by Gasteiger charge is -2.28. The Morgan fingerprint density at radius 1 is 0.463 bits per heavy atom. The van der Waals surface area contributed by atoms with Crippen molar-refractivity contribution in [3.8, 4) is 0 Å². The lowest BCUT2D eigenvalue weighted by atomic mass is 9.98. The second kappa shape index (κ2) is 62.8. The molecule has 1 atom stereocenters. The van der Waals surface area contributed by atoms with E-state index in [9.17, 15) is 4.79 Å². The van der Waals surface area contributed by atoms with Gasteiger partial charge >= 0.3 is 5.97 Å². The molecule has 0 fully saturated rings. The number of hydrogen-bond donors (Lipinski definition) is 1. The minimum Gasteiger partial charge on any atom is -0.462 e. The first-order valence-corrected chi connectivity index (χ1v) is 30.1. The lowest BCUT2D eigenvalue weighted by molar-refractivity contribution is -0.150. The Morgan fingerprint density at radius 2 is 0.791 bits per heavy atom. The van der Waals surface area contributed by atoms with Crippen LogP contribution in [-0.4, -0.2) is 63.4 Å². The van der Waals surface area contributed by atoms with Crippen LogP contribution in [0.5, 0.6) is 0 Å². The van der Waals surface area contributed by atoms with Gasteiger partial charge in [0.05, 0.1) is 6.10 Å². The summed E-state index contributed by atoms with van der Waals surface area (Å²) in [6.45, 7) is 21.1. The van der Waals surface area contributed by atoms with Gasteiger partial charge in [-0.05, 0) is 117 Å². The van der Waals surface area contributed by atoms with Crippen molar-refractivity contribution in [1.29, 1.82) is 0 Å². The van der Waals surface area contributed by atoms with Gasteiger partial charge in [0.1, 0.15) is 6.10 Å². The number of carbonyl (C=O) groups is 1. The van der Waals surface area contributed by atoms with Gasteiger partial charge in [-0.1, -0.05) is 233 Å². The molecule has 0 aromatic heterocycles. The van der Waals surface area contributed by atoms with Crippen LogP contribution in [0.1, 0.15) is 317 Å². The second-order valence-electron chi connectivity index (χ2n) is 20.5. The topological polar surface area (TPSA) is 50.8 Å². The molecule has 402 valence electrons. The predicted molar refractivity (Wildman–Crippen MR) is 303 cm³/mol. The van der Waals surface area contributed by atoms with Crippen LogP contribution in [0.4, 0.5) is 0 Å². The maximum absolute atomic E-state index is 12.6. The summed E-state index contributed by atoms with van der Waals surface area (Å²) in [5.41, 5.74) is 0. The second-order valence-corrected chi connectivity index (χ2v) is 20.5. The fourth-order valence-corrected chi connectivity index (χ4v) is 9.16. The number of hydrogen-bond acceptors (Lipinski definition) is 5. The Hall–Kier alpha value is -1.17. The van der Waals surface area contributed by atoms with E-state index in [0.717, 1.165) is 38.3 Å². The third-order valence-corrected chi connectivity index (χ3v) is 13.8. The molecule has 5 heteroatoms. The molecule has 0 saturated carbocycles. The van der Waals surface area contributed by atoms with Crippen LogP contribution < -0.4 is 5.32 Å². The van der Waals surface area contributed by atoms with Gasteiger partial charge in [0.15, 0.2) is 0 Å². The molecule has 1 unspecified atom stereocenters. The van der Waals surface area contributed by atoms with Crippen LogP contribution >= 0.6 is 0 Å². The van der Waals surface area contributed by atoms with Crippen LogP contribution in [0.25, 0.3) is 0 Å². The Labute approximate surface area is 423 Å². The molecule has 0 amide bonds. The van der Waals surface area contributed by atoms with Gasteiger partial charge < -0.3 is 19.7 Å². The Morgan fingerprint density at radius 3 is 1.16 bits per heavy atom. The normalized spacial score (nSPS) is 11.7. The average Bonchev–Trinajstić information content (AvgIpc) is 3.33. The molecule has 0 rings (SSSR count). The average molecular weight is 948 g/mol. The van der Waals surface area contributed by atoms with E-state index in [1.165, 1.54) is 257 Å². The minimum absolute atomic E-state index is 0.0481. The highest BCUT2D eigenvalue weighted by atomic mass is 16.5. The standard InChI is InChI=1S/C38H76N2O2.C14H30O.C10H20/c1-6-9-12-15-16-17-20-23-29-36(40(5)35-28-34-39-4)30-24-21-18-19-22-27-33-38(41)42-37(31-25-13-10-7-2)32-26-14-11-8-3;1-4-6-8-10-12-14(15-3)13-11-9-7-5-2;1-3-5-7-9-10-8-6-4-2/h6,36-37,39H,1,7-35H2,2-5H3;14H,4-13H2,1-3H3;3H,1,4-10H2,2H3. The van der Waals surface area contributed by atoms with Crippen molar-refractivity contribution in [3.63, 3.8) is 0 Å². The van der Waals surface area contributed by atoms with Crippen LogP contribution in [0.15, 0.2) is 25.3 Å². The molecule has 0 heterocycles. The van der Waals surface area contributed by atoms with Crippen molar-refractivity contribution in [2.75, 3.05) is 34.3 Å². The van der Waals surface area contributed by atoms with Gasteiger partial charge in [0.25, 0.3) is 0 Å². The highest BCUT2D eigenvalue weighted by Crippen LogP contribution is 2.21. The third-order valence-electron chi connectivity index (χ3n) is 13.8. The fraction of sp³-hybridized carbons (Fsp3) is 0.919. The number of unbranched alkanes of at least 4 members (excludes halogenated alkanes) is 29. The Kier molecular flexibility index (Phi) is 65.7. The fourth-order valence-electron chi connectivity index (χ4n) is 9.16. The zero-order valence-corrected chi connectivity index (χ0v) is 47.5. The zero-order chi connectivity index (χ0) is 49.9. The molecular formula is C62H126N2O3. The molecular weight excluding hydrogens is 821 g/mol. The molecule has 0 aliphatic carbocycles. The SMILES string of the molecule is C=CCCCCCCCC.C=CCCCCCCCCC(CCCCCCCCC(=O)OC(CCCCCC)CCCCCC)N(C)CCCNC.CCCCCCC(CCCCCC)OC. The summed E-state index contributed by atoms with van der Waals surface area (Å²) in [6, 6.07) is 0.731. The molecule has 67 heavy (non-hydrogen) atoms. The van der Waals surface area contributed by atoms with Crippen LogP contribution in [0.3, 0.4) is 0 Å². The maximum atomic E-state index is 12.6. The van der Waals surface area contributed by atoms with Crippen molar-refractivity contribution >= 4 is 5.97 Å². The highest BCUT2D eigenvalue weighted by molar-refractivity contribution is 5.69. The van der Waals surface area contributed by atoms with Crippen molar-refractivity contribution in [3.05, 3.63) is 25.3 Å². The van der Waals surface area contributed by atoms with E-state index < -0.39 is 0 Å². The van der Waals surface area contributed by atoms with Crippen molar-refractivity contribution < 1.29 is 14.3 Å². The molecule has 0 aliphatic rings. The van der Waals surface area contributed by atoms with Crippen molar-refractivity contribution in [2.24, 2.45) is 0 Å². The van der Waals surface area contributed by atoms with E-state index in [0.29, 0.717) is 12.5 Å². The molecule has 0 spiro atoms. The van der Waals surface area contributed by atoms with Crippen molar-refractivity contribution in [1.82, 2.24) is 10.2 Å². The summed E-state index contributed by atoms with van der Waals surface area (Å²) in [7, 11) is 6.26. The summed E-state index contributed by atoms with van der Waals surface area (Å²) < 4.78 is 11.5. The third kappa shape index (κ3) is 59.1. The monoisotopic (exact) mass is 947 g/mol. The largest absolute Gasteiger partial charge is 0.462 e. The molecule has 0 aliphatic heterocycles. The molecule has 5 nitrogen and oxygen atoms in total. The molecule has 0 bridgehead atoms. The number of nitrogens with one attached hydrogen (secondary N) is 1. The van der Waals surface area contributed by atoms with Gasteiger partial charge in [0.2, 0.25) is 0 Å². The molecule has 0 aromatic carbocycles. The van der Waals surface area contributed by atoms with Gasteiger partial charge in [0, 0.05) is 19.6 Å². The van der Waals surface area contributed by atoms with E-state index >= 15 is 0 Å². The highest BCUT2D eigenvalue weighted by Gasteiger charge is 2.16. The van der Waals surface area contributed by atoms with Crippen molar-refractivity contribution in [2.45, 2.75) is 335 Å². The van der Waals surface area contributed by atoms with E-state index in [-0.39, 0.29) is 12.1 Å². The molecule has 0 radical (unpaired) electrons.